The van der Waals surface area contributed by atoms with Crippen LogP contribution in [0.15, 0.2) is 60.2 Å². The SMILES string of the molecule is CC(C)CCC[C@@H](C)[C@H]1CC[C@H]2[C@@H]3CC=C4C[C@@H](OC(=O)CCCCOc5ccc(C#Cc6ccc(OC(=O)[C@@H](Cl)C(C)C)cc6)cc5)CC[C@]4(C)[C@H]3CC[C@]12C. The second-order valence-corrected chi connectivity index (χ2v) is 19.8. The van der Waals surface area contributed by atoms with Crippen LogP contribution in [-0.2, 0) is 14.3 Å². The van der Waals surface area contributed by atoms with Gasteiger partial charge in [-0.1, -0.05) is 91.2 Å². The van der Waals surface area contributed by atoms with Gasteiger partial charge in [-0.15, -0.1) is 11.6 Å². The number of benzene rings is 2. The first kappa shape index (κ1) is 43.4. The van der Waals surface area contributed by atoms with Crippen molar-refractivity contribution in [3.8, 4) is 23.3 Å². The summed E-state index contributed by atoms with van der Waals surface area (Å²) in [7, 11) is 0. The van der Waals surface area contributed by atoms with Crippen LogP contribution in [0.1, 0.15) is 149 Å². The number of carbonyl (C=O) groups is 2. The quantitative estimate of drug-likeness (QED) is 0.0449. The van der Waals surface area contributed by atoms with Gasteiger partial charge in [0.2, 0.25) is 0 Å². The van der Waals surface area contributed by atoms with Crippen LogP contribution in [-0.4, -0.2) is 30.0 Å². The summed E-state index contributed by atoms with van der Waals surface area (Å²) in [6, 6.07) is 14.8. The lowest BCUT2D eigenvalue weighted by Crippen LogP contribution is -2.51. The maximum Gasteiger partial charge on any atom is 0.329 e. The minimum Gasteiger partial charge on any atom is -0.494 e. The Bertz CT molecular complexity index is 1750. The van der Waals surface area contributed by atoms with Crippen molar-refractivity contribution in [2.75, 3.05) is 6.61 Å². The number of fused-ring (bicyclic) bond motifs is 5. The molecule has 6 heteroatoms. The van der Waals surface area contributed by atoms with E-state index in [4.69, 9.17) is 25.8 Å². The third-order valence-electron chi connectivity index (χ3n) is 14.7. The van der Waals surface area contributed by atoms with E-state index in [0.717, 1.165) is 84.5 Å². The number of allylic oxidation sites excluding steroid dienone is 1. The van der Waals surface area contributed by atoms with Gasteiger partial charge < -0.3 is 14.2 Å². The Morgan fingerprint density at radius 2 is 1.49 bits per heavy atom. The van der Waals surface area contributed by atoms with Crippen LogP contribution in [0.4, 0.5) is 0 Å². The third-order valence-corrected chi connectivity index (χ3v) is 15.4. The summed E-state index contributed by atoms with van der Waals surface area (Å²) in [5.41, 5.74) is 4.05. The Morgan fingerprint density at radius 3 is 2.16 bits per heavy atom. The summed E-state index contributed by atoms with van der Waals surface area (Å²) < 4.78 is 17.4. The summed E-state index contributed by atoms with van der Waals surface area (Å²) in [6.07, 6.45) is 18.7. The highest BCUT2D eigenvalue weighted by atomic mass is 35.5. The normalized spacial score (nSPS) is 28.9. The Morgan fingerprint density at radius 1 is 0.807 bits per heavy atom. The smallest absolute Gasteiger partial charge is 0.329 e. The van der Waals surface area contributed by atoms with Crippen molar-refractivity contribution in [3.63, 3.8) is 0 Å². The van der Waals surface area contributed by atoms with E-state index in [0.29, 0.717) is 24.2 Å². The molecule has 9 atom stereocenters. The average Bonchev–Trinajstić information content (AvgIpc) is 3.55. The lowest BCUT2D eigenvalue weighted by molar-refractivity contribution is -0.151. The van der Waals surface area contributed by atoms with E-state index in [1.54, 1.807) is 17.7 Å². The molecule has 0 amide bonds. The Labute approximate surface area is 349 Å². The number of alkyl halides is 1. The second kappa shape index (κ2) is 19.2. The number of hydrogen-bond donors (Lipinski definition) is 0. The number of unbranched alkanes of at least 4 members (excludes halogenated alkanes) is 1. The van der Waals surface area contributed by atoms with Crippen LogP contribution in [0.25, 0.3) is 0 Å². The summed E-state index contributed by atoms with van der Waals surface area (Å²) in [5.74, 6) is 12.0. The van der Waals surface area contributed by atoms with Crippen molar-refractivity contribution >= 4 is 23.5 Å². The molecule has 4 aliphatic carbocycles. The molecule has 0 saturated heterocycles. The van der Waals surface area contributed by atoms with Gasteiger partial charge in [-0.25, -0.2) is 0 Å². The van der Waals surface area contributed by atoms with E-state index in [-0.39, 0.29) is 23.4 Å². The molecule has 5 nitrogen and oxygen atoms in total. The first-order valence-corrected chi connectivity index (χ1v) is 22.8. The zero-order chi connectivity index (χ0) is 40.7. The highest BCUT2D eigenvalue weighted by molar-refractivity contribution is 6.30. The van der Waals surface area contributed by atoms with E-state index >= 15 is 0 Å². The summed E-state index contributed by atoms with van der Waals surface area (Å²) >= 11 is 6.10. The van der Waals surface area contributed by atoms with E-state index < -0.39 is 11.3 Å². The van der Waals surface area contributed by atoms with E-state index in [2.05, 4.69) is 52.5 Å². The molecule has 2 aromatic carbocycles. The van der Waals surface area contributed by atoms with Crippen molar-refractivity contribution < 1.29 is 23.8 Å². The molecule has 0 heterocycles. The van der Waals surface area contributed by atoms with Crippen LogP contribution in [0.2, 0.25) is 0 Å². The first-order valence-electron chi connectivity index (χ1n) is 22.4. The molecule has 3 saturated carbocycles. The Kier molecular flexibility index (Phi) is 14.6. The molecule has 4 aliphatic rings. The van der Waals surface area contributed by atoms with Gasteiger partial charge in [0.25, 0.3) is 0 Å². The van der Waals surface area contributed by atoms with Crippen LogP contribution < -0.4 is 9.47 Å². The minimum absolute atomic E-state index is 0.00343. The van der Waals surface area contributed by atoms with E-state index in [9.17, 15) is 9.59 Å². The lowest BCUT2D eigenvalue weighted by Gasteiger charge is -2.58. The molecule has 2 aromatic rings. The van der Waals surface area contributed by atoms with Crippen LogP contribution in [0.5, 0.6) is 11.5 Å². The molecular weight excluding hydrogens is 728 g/mol. The molecule has 0 N–H and O–H groups in total. The van der Waals surface area contributed by atoms with Gasteiger partial charge in [0.1, 0.15) is 23.0 Å². The summed E-state index contributed by atoms with van der Waals surface area (Å²) in [4.78, 5) is 25.0. The van der Waals surface area contributed by atoms with Gasteiger partial charge in [-0.2, -0.15) is 0 Å². The molecule has 0 aromatic heterocycles. The van der Waals surface area contributed by atoms with Gasteiger partial charge in [0.05, 0.1) is 6.61 Å². The molecule has 310 valence electrons. The fourth-order valence-corrected chi connectivity index (χ4v) is 11.4. The van der Waals surface area contributed by atoms with Gasteiger partial charge in [-0.3, -0.25) is 9.59 Å². The van der Waals surface area contributed by atoms with Crippen molar-refractivity contribution in [2.45, 2.75) is 150 Å². The van der Waals surface area contributed by atoms with Gasteiger partial charge in [-0.05, 0) is 159 Å². The van der Waals surface area contributed by atoms with Gasteiger partial charge >= 0.3 is 11.9 Å². The Balaban J connectivity index is 0.894. The molecule has 0 radical (unpaired) electrons. The molecule has 0 bridgehead atoms. The monoisotopic (exact) mass is 796 g/mol. The standard InChI is InChI=1S/C51H69ClO5/c1-34(2)11-10-12-36(5)44-26-27-45-43-25-20-39-33-42(28-30-50(39,6)46(43)29-31-51(44,45)7)56-47(53)13-8-9-32-55-40-21-16-37(17-22-40)14-15-38-18-23-41(24-19-38)57-49(54)48(52)35(3)4/h16-24,34-36,42-46,48H,8-13,25-33H2,1-7H3/t36-,42+,43+,44-,45+,46+,48+,50+,51-/m1/s1. The fourth-order valence-electron chi connectivity index (χ4n) is 11.4. The van der Waals surface area contributed by atoms with E-state index in [1.807, 2.05) is 50.2 Å². The molecule has 0 spiro atoms. The number of rotatable bonds is 15. The van der Waals surface area contributed by atoms with Gasteiger partial charge in [0.15, 0.2) is 0 Å². The number of carbonyl (C=O) groups excluding carboxylic acids is 2. The number of esters is 2. The van der Waals surface area contributed by atoms with Crippen LogP contribution >= 0.6 is 11.6 Å². The van der Waals surface area contributed by atoms with Crippen molar-refractivity contribution in [1.29, 1.82) is 0 Å². The predicted octanol–water partition coefficient (Wildman–Crippen LogP) is 12.8. The largest absolute Gasteiger partial charge is 0.494 e. The van der Waals surface area contributed by atoms with Crippen molar-refractivity contribution in [2.24, 2.45) is 52.3 Å². The zero-order valence-electron chi connectivity index (χ0n) is 35.9. The highest BCUT2D eigenvalue weighted by Gasteiger charge is 2.59. The number of ether oxygens (including phenoxy) is 3. The molecule has 0 aliphatic heterocycles. The summed E-state index contributed by atoms with van der Waals surface area (Å²) in [6.45, 7) is 16.8. The fraction of sp³-hybridized carbons (Fsp3) is 0.647. The highest BCUT2D eigenvalue weighted by Crippen LogP contribution is 2.67. The lowest BCUT2D eigenvalue weighted by atomic mass is 9.47. The Hall–Kier alpha value is -3.23. The van der Waals surface area contributed by atoms with Crippen molar-refractivity contribution in [3.05, 3.63) is 71.3 Å². The molecule has 0 unspecified atom stereocenters. The van der Waals surface area contributed by atoms with E-state index in [1.165, 1.54) is 51.4 Å². The maximum atomic E-state index is 12.9. The average molecular weight is 798 g/mol. The third kappa shape index (κ3) is 10.5. The van der Waals surface area contributed by atoms with Crippen LogP contribution in [0.3, 0.4) is 0 Å². The molecule has 6 rings (SSSR count). The first-order chi connectivity index (χ1) is 27.3. The number of halogens is 1. The van der Waals surface area contributed by atoms with Crippen molar-refractivity contribution in [1.82, 2.24) is 0 Å². The minimum atomic E-state index is -0.681. The predicted molar refractivity (Wildman–Crippen MR) is 231 cm³/mol. The summed E-state index contributed by atoms with van der Waals surface area (Å²) in [5, 5.41) is -0.681. The molecular formula is C51H69ClO5. The maximum absolute atomic E-state index is 12.9. The molecule has 57 heavy (non-hydrogen) atoms. The zero-order valence-corrected chi connectivity index (χ0v) is 36.7. The second-order valence-electron chi connectivity index (χ2n) is 19.3. The van der Waals surface area contributed by atoms with Crippen LogP contribution in [0, 0.1) is 64.1 Å². The number of hydrogen-bond acceptors (Lipinski definition) is 5. The topological polar surface area (TPSA) is 61.8 Å². The molecule has 3 fully saturated rings. The van der Waals surface area contributed by atoms with Gasteiger partial charge in [0, 0.05) is 24.0 Å².